The summed E-state index contributed by atoms with van der Waals surface area (Å²) in [5.41, 5.74) is 0.588. The molecule has 1 heterocycles. The standard InChI is InChI=1S/C11H23NO2/c1-3-11(9-12-10-11)5-4-6-14-8-7-13-2/h12H,3-10H2,1-2H3. The van der Waals surface area contributed by atoms with Crippen molar-refractivity contribution in [3.05, 3.63) is 0 Å². The molecule has 1 aliphatic heterocycles. The molecule has 3 heteroatoms. The van der Waals surface area contributed by atoms with E-state index >= 15 is 0 Å². The Kier molecular flexibility index (Phi) is 5.45. The number of rotatable bonds is 8. The number of nitrogens with one attached hydrogen (secondary N) is 1. The summed E-state index contributed by atoms with van der Waals surface area (Å²) >= 11 is 0. The molecule has 1 saturated heterocycles. The Labute approximate surface area is 87.2 Å². The molecule has 0 saturated carbocycles. The summed E-state index contributed by atoms with van der Waals surface area (Å²) in [4.78, 5) is 0. The second-order valence-corrected chi connectivity index (χ2v) is 4.17. The summed E-state index contributed by atoms with van der Waals surface area (Å²) in [6, 6.07) is 0. The number of hydrogen-bond acceptors (Lipinski definition) is 3. The van der Waals surface area contributed by atoms with Gasteiger partial charge in [0, 0.05) is 26.8 Å². The highest BCUT2D eigenvalue weighted by Gasteiger charge is 2.33. The van der Waals surface area contributed by atoms with Gasteiger partial charge in [0.15, 0.2) is 0 Å². The quantitative estimate of drug-likeness (QED) is 0.603. The normalized spacial score (nSPS) is 19.3. The van der Waals surface area contributed by atoms with E-state index in [2.05, 4.69) is 12.2 Å². The minimum Gasteiger partial charge on any atom is -0.382 e. The topological polar surface area (TPSA) is 30.5 Å². The fourth-order valence-electron chi connectivity index (χ4n) is 1.88. The molecule has 3 nitrogen and oxygen atoms in total. The van der Waals surface area contributed by atoms with Gasteiger partial charge in [-0.2, -0.15) is 0 Å². The predicted octanol–water partition coefficient (Wildman–Crippen LogP) is 1.43. The Morgan fingerprint density at radius 3 is 2.50 bits per heavy atom. The van der Waals surface area contributed by atoms with Crippen LogP contribution in [0.2, 0.25) is 0 Å². The lowest BCUT2D eigenvalue weighted by Gasteiger charge is -2.42. The molecule has 0 bridgehead atoms. The first-order valence-corrected chi connectivity index (χ1v) is 5.60. The van der Waals surface area contributed by atoms with Crippen LogP contribution in [0.25, 0.3) is 0 Å². The fraction of sp³-hybridized carbons (Fsp3) is 1.00. The molecule has 0 unspecified atom stereocenters. The summed E-state index contributed by atoms with van der Waals surface area (Å²) in [6.45, 7) is 7.00. The third-order valence-electron chi connectivity index (χ3n) is 3.18. The van der Waals surface area contributed by atoms with Crippen molar-refractivity contribution in [3.63, 3.8) is 0 Å². The van der Waals surface area contributed by atoms with E-state index in [0.29, 0.717) is 12.0 Å². The summed E-state index contributed by atoms with van der Waals surface area (Å²) in [5, 5.41) is 3.35. The molecule has 0 atom stereocenters. The highest BCUT2D eigenvalue weighted by atomic mass is 16.5. The van der Waals surface area contributed by atoms with Gasteiger partial charge in [0.2, 0.25) is 0 Å². The van der Waals surface area contributed by atoms with Crippen molar-refractivity contribution in [2.24, 2.45) is 5.41 Å². The third-order valence-corrected chi connectivity index (χ3v) is 3.18. The van der Waals surface area contributed by atoms with Crippen LogP contribution in [-0.4, -0.2) is 40.0 Å². The average molecular weight is 201 g/mol. The lowest BCUT2D eigenvalue weighted by atomic mass is 9.75. The zero-order chi connectivity index (χ0) is 10.3. The second kappa shape index (κ2) is 6.38. The van der Waals surface area contributed by atoms with Gasteiger partial charge in [-0.25, -0.2) is 0 Å². The summed E-state index contributed by atoms with van der Waals surface area (Å²) in [7, 11) is 1.70. The maximum absolute atomic E-state index is 5.44. The van der Waals surface area contributed by atoms with Gasteiger partial charge in [0.25, 0.3) is 0 Å². The molecule has 1 aliphatic rings. The van der Waals surface area contributed by atoms with Crippen molar-refractivity contribution in [1.82, 2.24) is 5.32 Å². The lowest BCUT2D eigenvalue weighted by molar-refractivity contribution is 0.0567. The minimum absolute atomic E-state index is 0.588. The maximum atomic E-state index is 5.44. The Morgan fingerprint density at radius 1 is 1.21 bits per heavy atom. The SMILES string of the molecule is CCC1(CCCOCCOC)CNC1. The Hall–Kier alpha value is -0.120. The number of methoxy groups -OCH3 is 1. The second-order valence-electron chi connectivity index (χ2n) is 4.17. The van der Waals surface area contributed by atoms with Gasteiger partial charge in [-0.3, -0.25) is 0 Å². The van der Waals surface area contributed by atoms with Crippen LogP contribution in [0.4, 0.5) is 0 Å². The highest BCUT2D eigenvalue weighted by molar-refractivity contribution is 4.90. The van der Waals surface area contributed by atoms with Crippen LogP contribution in [0.5, 0.6) is 0 Å². The molecule has 0 aromatic heterocycles. The molecular weight excluding hydrogens is 178 g/mol. The Balaban J connectivity index is 1.92. The van der Waals surface area contributed by atoms with Crippen molar-refractivity contribution in [3.8, 4) is 0 Å². The molecule has 0 aromatic rings. The van der Waals surface area contributed by atoms with Crippen LogP contribution >= 0.6 is 0 Å². The lowest BCUT2D eigenvalue weighted by Crippen LogP contribution is -2.53. The van der Waals surface area contributed by atoms with Crippen molar-refractivity contribution in [2.45, 2.75) is 26.2 Å². The van der Waals surface area contributed by atoms with Gasteiger partial charge >= 0.3 is 0 Å². The minimum atomic E-state index is 0.588. The van der Waals surface area contributed by atoms with Crippen LogP contribution in [0.15, 0.2) is 0 Å². The number of ether oxygens (including phenoxy) is 2. The monoisotopic (exact) mass is 201 g/mol. The average Bonchev–Trinajstić information content (AvgIpc) is 2.15. The molecule has 14 heavy (non-hydrogen) atoms. The van der Waals surface area contributed by atoms with E-state index in [1.54, 1.807) is 7.11 Å². The van der Waals surface area contributed by atoms with Gasteiger partial charge in [-0.05, 0) is 24.7 Å². The first kappa shape index (κ1) is 12.0. The van der Waals surface area contributed by atoms with Gasteiger partial charge in [-0.1, -0.05) is 6.92 Å². The molecule has 0 aromatic carbocycles. The van der Waals surface area contributed by atoms with Crippen LogP contribution in [-0.2, 0) is 9.47 Å². The van der Waals surface area contributed by atoms with Gasteiger partial charge in [-0.15, -0.1) is 0 Å². The smallest absolute Gasteiger partial charge is 0.0700 e. The van der Waals surface area contributed by atoms with E-state index in [-0.39, 0.29) is 0 Å². The molecule has 0 radical (unpaired) electrons. The van der Waals surface area contributed by atoms with E-state index in [9.17, 15) is 0 Å². The van der Waals surface area contributed by atoms with E-state index in [1.165, 1.54) is 32.4 Å². The highest BCUT2D eigenvalue weighted by Crippen LogP contribution is 2.31. The fourth-order valence-corrected chi connectivity index (χ4v) is 1.88. The zero-order valence-electron chi connectivity index (χ0n) is 9.47. The van der Waals surface area contributed by atoms with E-state index in [4.69, 9.17) is 9.47 Å². The molecule has 84 valence electrons. The summed E-state index contributed by atoms with van der Waals surface area (Å²) < 4.78 is 10.3. The van der Waals surface area contributed by atoms with Crippen molar-refractivity contribution >= 4 is 0 Å². The summed E-state index contributed by atoms with van der Waals surface area (Å²) in [6.07, 6.45) is 3.76. The molecule has 0 aliphatic carbocycles. The van der Waals surface area contributed by atoms with E-state index < -0.39 is 0 Å². The Bertz CT molecular complexity index is 141. The first-order valence-electron chi connectivity index (χ1n) is 5.60. The Morgan fingerprint density at radius 2 is 2.00 bits per heavy atom. The predicted molar refractivity (Wildman–Crippen MR) is 57.5 cm³/mol. The first-order chi connectivity index (χ1) is 6.83. The molecule has 1 fully saturated rings. The third kappa shape index (κ3) is 3.56. The van der Waals surface area contributed by atoms with Crippen LogP contribution in [0, 0.1) is 5.41 Å². The van der Waals surface area contributed by atoms with Crippen molar-refractivity contribution in [1.29, 1.82) is 0 Å². The van der Waals surface area contributed by atoms with Gasteiger partial charge < -0.3 is 14.8 Å². The van der Waals surface area contributed by atoms with Crippen LogP contribution < -0.4 is 5.32 Å². The molecular formula is C11H23NO2. The van der Waals surface area contributed by atoms with E-state index in [1.807, 2.05) is 0 Å². The van der Waals surface area contributed by atoms with Crippen molar-refractivity contribution in [2.75, 3.05) is 40.0 Å². The van der Waals surface area contributed by atoms with Gasteiger partial charge in [0.1, 0.15) is 0 Å². The molecule has 0 amide bonds. The van der Waals surface area contributed by atoms with Gasteiger partial charge in [0.05, 0.1) is 13.2 Å². The van der Waals surface area contributed by atoms with E-state index in [0.717, 1.165) is 13.2 Å². The van der Waals surface area contributed by atoms with Crippen LogP contribution in [0.3, 0.4) is 0 Å². The molecule has 1 rings (SSSR count). The summed E-state index contributed by atoms with van der Waals surface area (Å²) in [5.74, 6) is 0. The molecule has 0 spiro atoms. The molecule has 1 N–H and O–H groups in total. The zero-order valence-corrected chi connectivity index (χ0v) is 9.47. The maximum Gasteiger partial charge on any atom is 0.0700 e. The number of hydrogen-bond donors (Lipinski definition) is 1. The largest absolute Gasteiger partial charge is 0.382 e. The van der Waals surface area contributed by atoms with Crippen LogP contribution in [0.1, 0.15) is 26.2 Å². The van der Waals surface area contributed by atoms with Crippen molar-refractivity contribution < 1.29 is 9.47 Å².